The van der Waals surface area contributed by atoms with Crippen molar-refractivity contribution in [1.29, 1.82) is 0 Å². The summed E-state index contributed by atoms with van der Waals surface area (Å²) < 4.78 is 0. The fourth-order valence-corrected chi connectivity index (χ4v) is 1.32. The summed E-state index contributed by atoms with van der Waals surface area (Å²) in [6, 6.07) is 3.02. The van der Waals surface area contributed by atoms with Crippen molar-refractivity contribution in [2.45, 2.75) is 13.8 Å². The second kappa shape index (κ2) is 6.96. The summed E-state index contributed by atoms with van der Waals surface area (Å²) in [4.78, 5) is 26.9. The highest BCUT2D eigenvalue weighted by Gasteiger charge is 2.09. The van der Waals surface area contributed by atoms with Crippen molar-refractivity contribution in [1.82, 2.24) is 15.6 Å². The monoisotopic (exact) mass is 269 g/mol. The molecule has 0 radical (unpaired) electrons. The van der Waals surface area contributed by atoms with Crippen LogP contribution in [0, 0.1) is 5.92 Å². The predicted octanol–water partition coefficient (Wildman–Crippen LogP) is 1.24. The minimum Gasteiger partial charge on any atom is -0.354 e. The zero-order chi connectivity index (χ0) is 13.5. The van der Waals surface area contributed by atoms with E-state index in [2.05, 4.69) is 15.6 Å². The van der Waals surface area contributed by atoms with Gasteiger partial charge in [-0.3, -0.25) is 14.6 Å². The summed E-state index contributed by atoms with van der Waals surface area (Å²) in [7, 11) is 0. The van der Waals surface area contributed by atoms with Gasteiger partial charge in [-0.25, -0.2) is 0 Å². The Labute approximate surface area is 111 Å². The number of hydrogen-bond acceptors (Lipinski definition) is 3. The molecule has 0 aliphatic heterocycles. The first-order valence-electron chi connectivity index (χ1n) is 5.65. The second-order valence-corrected chi connectivity index (χ2v) is 4.68. The van der Waals surface area contributed by atoms with Gasteiger partial charge in [-0.1, -0.05) is 25.4 Å². The van der Waals surface area contributed by atoms with Gasteiger partial charge >= 0.3 is 0 Å². The Bertz CT molecular complexity index is 435. The quantitative estimate of drug-likeness (QED) is 0.845. The Morgan fingerprint density at radius 2 is 2.11 bits per heavy atom. The first kappa shape index (κ1) is 14.4. The molecule has 5 nitrogen and oxygen atoms in total. The van der Waals surface area contributed by atoms with Crippen LogP contribution in [0.1, 0.15) is 24.3 Å². The van der Waals surface area contributed by atoms with Crippen molar-refractivity contribution in [3.63, 3.8) is 0 Å². The first-order chi connectivity index (χ1) is 8.49. The Morgan fingerprint density at radius 1 is 1.39 bits per heavy atom. The number of pyridine rings is 1. The average Bonchev–Trinajstić information content (AvgIpc) is 2.33. The lowest BCUT2D eigenvalue weighted by Crippen LogP contribution is -2.38. The van der Waals surface area contributed by atoms with E-state index >= 15 is 0 Å². The molecule has 6 heteroatoms. The summed E-state index contributed by atoms with van der Waals surface area (Å²) in [6.07, 6.45) is 1.44. The van der Waals surface area contributed by atoms with E-state index in [-0.39, 0.29) is 18.1 Å². The van der Waals surface area contributed by atoms with Gasteiger partial charge in [0.05, 0.1) is 6.54 Å². The van der Waals surface area contributed by atoms with E-state index < -0.39 is 5.91 Å². The van der Waals surface area contributed by atoms with Crippen LogP contribution in [0.3, 0.4) is 0 Å². The van der Waals surface area contributed by atoms with E-state index in [4.69, 9.17) is 11.6 Å². The van der Waals surface area contributed by atoms with Crippen molar-refractivity contribution in [2.24, 2.45) is 5.92 Å². The lowest BCUT2D eigenvalue weighted by molar-refractivity contribution is -0.120. The zero-order valence-corrected chi connectivity index (χ0v) is 11.1. The summed E-state index contributed by atoms with van der Waals surface area (Å²) in [6.45, 7) is 4.51. The Morgan fingerprint density at radius 3 is 2.72 bits per heavy atom. The molecule has 2 N–H and O–H groups in total. The number of rotatable bonds is 5. The van der Waals surface area contributed by atoms with E-state index in [9.17, 15) is 9.59 Å². The minimum atomic E-state index is -0.419. The van der Waals surface area contributed by atoms with Crippen LogP contribution in [0.5, 0.6) is 0 Å². The van der Waals surface area contributed by atoms with Gasteiger partial charge in [0, 0.05) is 17.8 Å². The van der Waals surface area contributed by atoms with Crippen molar-refractivity contribution in [3.05, 3.63) is 29.0 Å². The van der Waals surface area contributed by atoms with E-state index in [1.54, 1.807) is 6.07 Å². The van der Waals surface area contributed by atoms with Crippen LogP contribution in [0.4, 0.5) is 0 Å². The summed E-state index contributed by atoms with van der Waals surface area (Å²) in [5.41, 5.74) is 0.194. The van der Waals surface area contributed by atoms with Gasteiger partial charge in [0.2, 0.25) is 5.91 Å². The smallest absolute Gasteiger partial charge is 0.270 e. The number of hydrogen-bond donors (Lipinski definition) is 2. The molecular weight excluding hydrogens is 254 g/mol. The lowest BCUT2D eigenvalue weighted by Gasteiger charge is -2.08. The van der Waals surface area contributed by atoms with Gasteiger partial charge < -0.3 is 10.6 Å². The zero-order valence-electron chi connectivity index (χ0n) is 10.4. The summed E-state index contributed by atoms with van der Waals surface area (Å²) >= 11 is 5.74. The maximum absolute atomic E-state index is 11.6. The molecule has 1 rings (SSSR count). The highest BCUT2D eigenvalue weighted by molar-refractivity contribution is 6.30. The number of nitrogens with one attached hydrogen (secondary N) is 2. The van der Waals surface area contributed by atoms with Crippen LogP contribution in [-0.4, -0.2) is 29.9 Å². The van der Waals surface area contributed by atoms with E-state index in [1.807, 2.05) is 13.8 Å². The second-order valence-electron chi connectivity index (χ2n) is 4.24. The van der Waals surface area contributed by atoms with Crippen molar-refractivity contribution < 1.29 is 9.59 Å². The van der Waals surface area contributed by atoms with Crippen molar-refractivity contribution in [3.8, 4) is 0 Å². The predicted molar refractivity (Wildman–Crippen MR) is 69.4 cm³/mol. The number of aromatic nitrogens is 1. The topological polar surface area (TPSA) is 71.1 Å². The lowest BCUT2D eigenvalue weighted by atomic mass is 10.2. The summed E-state index contributed by atoms with van der Waals surface area (Å²) in [5.74, 6) is -0.268. The Hall–Kier alpha value is -1.62. The van der Waals surface area contributed by atoms with Crippen molar-refractivity contribution >= 4 is 23.4 Å². The Balaban J connectivity index is 2.39. The normalized spacial score (nSPS) is 10.2. The third kappa shape index (κ3) is 5.14. The van der Waals surface area contributed by atoms with Crippen LogP contribution in [0.15, 0.2) is 18.3 Å². The number of carbonyl (C=O) groups is 2. The standard InChI is InChI=1S/C12H16ClN3O2/c1-8(2)6-15-11(17)7-16-12(18)10-5-9(13)3-4-14-10/h3-5,8H,6-7H2,1-2H3,(H,15,17)(H,16,18). The molecule has 98 valence electrons. The SMILES string of the molecule is CC(C)CNC(=O)CNC(=O)c1cc(Cl)ccn1. The van der Waals surface area contributed by atoms with E-state index in [0.29, 0.717) is 17.5 Å². The third-order valence-corrected chi connectivity index (χ3v) is 2.31. The molecule has 0 saturated heterocycles. The average molecular weight is 270 g/mol. The van der Waals surface area contributed by atoms with Gasteiger partial charge in [-0.05, 0) is 18.1 Å². The molecule has 0 atom stereocenters. The maximum Gasteiger partial charge on any atom is 0.270 e. The molecule has 0 aromatic carbocycles. The van der Waals surface area contributed by atoms with Gasteiger partial charge in [0.25, 0.3) is 5.91 Å². The molecular formula is C12H16ClN3O2. The van der Waals surface area contributed by atoms with Crippen LogP contribution in [0.25, 0.3) is 0 Å². The molecule has 0 unspecified atom stereocenters. The molecule has 18 heavy (non-hydrogen) atoms. The third-order valence-electron chi connectivity index (χ3n) is 2.07. The molecule has 0 fully saturated rings. The minimum absolute atomic E-state index is 0.0697. The molecule has 1 aromatic heterocycles. The van der Waals surface area contributed by atoms with Gasteiger partial charge in [-0.15, -0.1) is 0 Å². The van der Waals surface area contributed by atoms with Gasteiger partial charge in [0.1, 0.15) is 5.69 Å². The molecule has 0 saturated carbocycles. The number of halogens is 1. The number of amides is 2. The molecule has 2 amide bonds. The molecule has 0 spiro atoms. The van der Waals surface area contributed by atoms with Crippen LogP contribution >= 0.6 is 11.6 Å². The summed E-state index contributed by atoms with van der Waals surface area (Å²) in [5, 5.41) is 5.61. The largest absolute Gasteiger partial charge is 0.354 e. The molecule has 0 aliphatic rings. The van der Waals surface area contributed by atoms with Gasteiger partial charge in [-0.2, -0.15) is 0 Å². The van der Waals surface area contributed by atoms with Crippen LogP contribution in [0.2, 0.25) is 5.02 Å². The fraction of sp³-hybridized carbons (Fsp3) is 0.417. The molecule has 1 aromatic rings. The molecule has 0 bridgehead atoms. The van der Waals surface area contributed by atoms with Crippen LogP contribution < -0.4 is 10.6 Å². The highest BCUT2D eigenvalue weighted by Crippen LogP contribution is 2.07. The maximum atomic E-state index is 11.6. The van der Waals surface area contributed by atoms with E-state index in [1.165, 1.54) is 12.3 Å². The Kier molecular flexibility index (Phi) is 5.58. The fourth-order valence-electron chi connectivity index (χ4n) is 1.16. The molecule has 0 aliphatic carbocycles. The van der Waals surface area contributed by atoms with Gasteiger partial charge in [0.15, 0.2) is 0 Å². The number of nitrogens with zero attached hydrogens (tertiary/aromatic N) is 1. The van der Waals surface area contributed by atoms with Crippen LogP contribution in [-0.2, 0) is 4.79 Å². The number of carbonyl (C=O) groups excluding carboxylic acids is 2. The highest BCUT2D eigenvalue weighted by atomic mass is 35.5. The molecule has 1 heterocycles. The van der Waals surface area contributed by atoms with Crippen molar-refractivity contribution in [2.75, 3.05) is 13.1 Å². The first-order valence-corrected chi connectivity index (χ1v) is 6.03. The van der Waals surface area contributed by atoms with E-state index in [0.717, 1.165) is 0 Å².